The molecule has 2 N–H and O–H groups in total. The van der Waals surface area contributed by atoms with E-state index < -0.39 is 18.5 Å². The number of carbonyl (C=O) groups excluding carboxylic acids is 1. The Morgan fingerprint density at radius 3 is 2.62 bits per heavy atom. The molecular weight excluding hydrogens is 278 g/mol. The molecule has 0 radical (unpaired) electrons. The van der Waals surface area contributed by atoms with Crippen molar-refractivity contribution in [3.63, 3.8) is 0 Å². The molecule has 2 rings (SSSR count). The van der Waals surface area contributed by atoms with Gasteiger partial charge in [0.1, 0.15) is 11.9 Å². The second-order valence-corrected chi connectivity index (χ2v) is 4.66. The maximum absolute atomic E-state index is 12.8. The standard InChI is InChI=1S/C14H16F2N4O/c1-19(9-11-18-7-8-20(11)14(15)16)12(13(17)21)10-5-3-2-4-6-10/h2-8,12,14H,9H2,1H3,(H2,17,21)/t12-/m0/s1. The summed E-state index contributed by atoms with van der Waals surface area (Å²) in [6.45, 7) is -2.58. The van der Waals surface area contributed by atoms with E-state index in [4.69, 9.17) is 5.73 Å². The molecule has 2 aromatic rings. The van der Waals surface area contributed by atoms with Crippen LogP contribution in [0.1, 0.15) is 24.0 Å². The van der Waals surface area contributed by atoms with Crippen molar-refractivity contribution in [1.82, 2.24) is 14.5 Å². The lowest BCUT2D eigenvalue weighted by Gasteiger charge is -2.25. The second kappa shape index (κ2) is 6.45. The molecule has 1 aromatic carbocycles. The van der Waals surface area contributed by atoms with Crippen LogP contribution < -0.4 is 5.73 Å². The zero-order valence-corrected chi connectivity index (χ0v) is 11.5. The molecule has 1 heterocycles. The van der Waals surface area contributed by atoms with Crippen LogP contribution in [-0.2, 0) is 11.3 Å². The van der Waals surface area contributed by atoms with Crippen molar-refractivity contribution in [3.05, 3.63) is 54.1 Å². The van der Waals surface area contributed by atoms with Gasteiger partial charge in [-0.15, -0.1) is 0 Å². The number of alkyl halides is 2. The summed E-state index contributed by atoms with van der Waals surface area (Å²) in [7, 11) is 1.65. The topological polar surface area (TPSA) is 64.2 Å². The van der Waals surface area contributed by atoms with Gasteiger partial charge in [-0.1, -0.05) is 30.3 Å². The number of primary amides is 1. The van der Waals surface area contributed by atoms with E-state index in [-0.39, 0.29) is 12.4 Å². The first-order chi connectivity index (χ1) is 10.0. The van der Waals surface area contributed by atoms with Crippen molar-refractivity contribution in [2.24, 2.45) is 5.73 Å². The van der Waals surface area contributed by atoms with Gasteiger partial charge in [0, 0.05) is 12.4 Å². The van der Waals surface area contributed by atoms with Crippen LogP contribution in [0.15, 0.2) is 42.7 Å². The van der Waals surface area contributed by atoms with Crippen LogP contribution in [0.3, 0.4) is 0 Å². The molecule has 112 valence electrons. The lowest BCUT2D eigenvalue weighted by atomic mass is 10.1. The molecule has 0 aliphatic carbocycles. The molecule has 0 aliphatic heterocycles. The van der Waals surface area contributed by atoms with Crippen molar-refractivity contribution in [2.45, 2.75) is 19.1 Å². The highest BCUT2D eigenvalue weighted by Crippen LogP contribution is 2.22. The highest BCUT2D eigenvalue weighted by molar-refractivity contribution is 5.81. The summed E-state index contributed by atoms with van der Waals surface area (Å²) in [6.07, 6.45) is 2.51. The number of likely N-dealkylation sites (N-methyl/N-ethyl adjacent to an activating group) is 1. The lowest BCUT2D eigenvalue weighted by molar-refractivity contribution is -0.123. The monoisotopic (exact) mass is 294 g/mol. The van der Waals surface area contributed by atoms with Crippen molar-refractivity contribution < 1.29 is 13.6 Å². The van der Waals surface area contributed by atoms with Crippen LogP contribution in [0.2, 0.25) is 0 Å². The van der Waals surface area contributed by atoms with Gasteiger partial charge in [-0.2, -0.15) is 8.78 Å². The van der Waals surface area contributed by atoms with E-state index in [0.717, 1.165) is 4.57 Å². The Morgan fingerprint density at radius 1 is 1.38 bits per heavy atom. The number of nitrogens with zero attached hydrogens (tertiary/aromatic N) is 3. The smallest absolute Gasteiger partial charge is 0.319 e. The van der Waals surface area contributed by atoms with Gasteiger partial charge >= 0.3 is 6.55 Å². The number of benzene rings is 1. The van der Waals surface area contributed by atoms with Crippen LogP contribution in [-0.4, -0.2) is 27.4 Å². The Hall–Kier alpha value is -2.28. The van der Waals surface area contributed by atoms with Crippen LogP contribution in [0.25, 0.3) is 0 Å². The van der Waals surface area contributed by atoms with Gasteiger partial charge in [0.05, 0.1) is 6.54 Å². The number of carbonyl (C=O) groups is 1. The van der Waals surface area contributed by atoms with Gasteiger partial charge in [0.2, 0.25) is 5.91 Å². The predicted molar refractivity (Wildman–Crippen MR) is 73.3 cm³/mol. The van der Waals surface area contributed by atoms with Gasteiger partial charge in [-0.05, 0) is 12.6 Å². The zero-order valence-electron chi connectivity index (χ0n) is 11.5. The number of rotatable bonds is 6. The highest BCUT2D eigenvalue weighted by Gasteiger charge is 2.24. The van der Waals surface area contributed by atoms with E-state index >= 15 is 0 Å². The molecule has 7 heteroatoms. The van der Waals surface area contributed by atoms with Crippen LogP contribution in [0.5, 0.6) is 0 Å². The minimum Gasteiger partial charge on any atom is -0.368 e. The summed E-state index contributed by atoms with van der Waals surface area (Å²) in [6, 6.07) is 8.24. The third-order valence-corrected chi connectivity index (χ3v) is 3.18. The summed E-state index contributed by atoms with van der Waals surface area (Å²) in [5.41, 5.74) is 6.15. The number of imidazole rings is 1. The highest BCUT2D eigenvalue weighted by atomic mass is 19.3. The molecule has 0 unspecified atom stereocenters. The minimum absolute atomic E-state index is 0.0832. The summed E-state index contributed by atoms with van der Waals surface area (Å²) in [5, 5.41) is 0. The molecule has 1 amide bonds. The fourth-order valence-corrected chi connectivity index (χ4v) is 2.23. The molecule has 0 saturated heterocycles. The van der Waals surface area contributed by atoms with E-state index in [1.54, 1.807) is 36.2 Å². The average Bonchev–Trinajstić information content (AvgIpc) is 2.88. The predicted octanol–water partition coefficient (Wildman–Crippen LogP) is 1.94. The Labute approximate surface area is 121 Å². The Morgan fingerprint density at radius 2 is 2.05 bits per heavy atom. The van der Waals surface area contributed by atoms with E-state index in [0.29, 0.717) is 5.56 Å². The molecular formula is C14H16F2N4O. The van der Waals surface area contributed by atoms with Gasteiger partial charge in [0.25, 0.3) is 0 Å². The maximum Gasteiger partial charge on any atom is 0.319 e. The first kappa shape index (κ1) is 15.1. The molecule has 1 atom stereocenters. The summed E-state index contributed by atoms with van der Waals surface area (Å²) < 4.78 is 26.4. The molecule has 0 aliphatic rings. The number of amides is 1. The first-order valence-corrected chi connectivity index (χ1v) is 6.35. The summed E-state index contributed by atoms with van der Waals surface area (Å²) in [4.78, 5) is 17.2. The van der Waals surface area contributed by atoms with Gasteiger partial charge in [0.15, 0.2) is 0 Å². The Bertz CT molecular complexity index is 600. The number of aromatic nitrogens is 2. The molecule has 0 spiro atoms. The molecule has 1 aromatic heterocycles. The van der Waals surface area contributed by atoms with E-state index in [1.807, 2.05) is 6.07 Å². The van der Waals surface area contributed by atoms with Gasteiger partial charge in [-0.25, -0.2) is 4.98 Å². The average molecular weight is 294 g/mol. The van der Waals surface area contributed by atoms with E-state index in [1.165, 1.54) is 12.4 Å². The third kappa shape index (κ3) is 3.43. The number of nitrogens with two attached hydrogens (primary N) is 1. The fraction of sp³-hybridized carbons (Fsp3) is 0.286. The van der Waals surface area contributed by atoms with Crippen LogP contribution >= 0.6 is 0 Å². The van der Waals surface area contributed by atoms with E-state index in [9.17, 15) is 13.6 Å². The molecule has 0 saturated carbocycles. The van der Waals surface area contributed by atoms with Crippen LogP contribution in [0.4, 0.5) is 8.78 Å². The maximum atomic E-state index is 12.8. The van der Waals surface area contributed by atoms with Crippen molar-refractivity contribution >= 4 is 5.91 Å². The Balaban J connectivity index is 2.22. The lowest BCUT2D eigenvalue weighted by Crippen LogP contribution is -2.35. The largest absolute Gasteiger partial charge is 0.368 e. The molecule has 21 heavy (non-hydrogen) atoms. The first-order valence-electron chi connectivity index (χ1n) is 6.35. The SMILES string of the molecule is CN(Cc1nccn1C(F)F)[C@H](C(N)=O)c1ccccc1. The summed E-state index contributed by atoms with van der Waals surface area (Å²) >= 11 is 0. The number of hydrogen-bond donors (Lipinski definition) is 1. The number of halogens is 2. The fourth-order valence-electron chi connectivity index (χ4n) is 2.23. The zero-order chi connectivity index (χ0) is 15.4. The van der Waals surface area contributed by atoms with Crippen LogP contribution in [0, 0.1) is 0 Å². The van der Waals surface area contributed by atoms with Gasteiger partial charge < -0.3 is 5.73 Å². The van der Waals surface area contributed by atoms with Crippen molar-refractivity contribution in [1.29, 1.82) is 0 Å². The molecule has 0 fully saturated rings. The quantitative estimate of drug-likeness (QED) is 0.885. The third-order valence-electron chi connectivity index (χ3n) is 3.18. The Kier molecular flexibility index (Phi) is 4.64. The minimum atomic E-state index is -2.67. The van der Waals surface area contributed by atoms with Crippen molar-refractivity contribution in [2.75, 3.05) is 7.05 Å². The summed E-state index contributed by atoms with van der Waals surface area (Å²) in [5.74, 6) is -0.367. The van der Waals surface area contributed by atoms with Crippen molar-refractivity contribution in [3.8, 4) is 0 Å². The molecule has 0 bridgehead atoms. The molecule has 5 nitrogen and oxygen atoms in total. The van der Waals surface area contributed by atoms with E-state index in [2.05, 4.69) is 4.98 Å². The second-order valence-electron chi connectivity index (χ2n) is 4.66. The normalized spacial score (nSPS) is 12.8. The number of hydrogen-bond acceptors (Lipinski definition) is 3. The van der Waals surface area contributed by atoms with Gasteiger partial charge in [-0.3, -0.25) is 14.3 Å².